The number of fused-ring (bicyclic) bond motifs is 2. The summed E-state index contributed by atoms with van der Waals surface area (Å²) in [5, 5.41) is 9.12. The maximum Gasteiger partial charge on any atom is 0.229 e. The van der Waals surface area contributed by atoms with Crippen molar-refractivity contribution in [2.24, 2.45) is 0 Å². The van der Waals surface area contributed by atoms with Gasteiger partial charge in [0, 0.05) is 48.1 Å². The quantitative estimate of drug-likeness (QED) is 0.307. The number of rotatable bonds is 7. The highest BCUT2D eigenvalue weighted by molar-refractivity contribution is 5.94. The van der Waals surface area contributed by atoms with Crippen molar-refractivity contribution in [3.05, 3.63) is 78.2 Å². The van der Waals surface area contributed by atoms with Crippen LogP contribution in [-0.4, -0.2) is 38.9 Å². The first kappa shape index (κ1) is 19.1. The molecule has 0 bridgehead atoms. The fourth-order valence-corrected chi connectivity index (χ4v) is 3.83. The Morgan fingerprint density at radius 1 is 0.903 bits per heavy atom. The Morgan fingerprint density at radius 2 is 1.77 bits per heavy atom. The van der Waals surface area contributed by atoms with Gasteiger partial charge in [0.25, 0.3) is 0 Å². The highest BCUT2D eigenvalue weighted by Crippen LogP contribution is 2.27. The predicted molar refractivity (Wildman–Crippen MR) is 127 cm³/mol. The van der Waals surface area contributed by atoms with E-state index in [0.717, 1.165) is 34.5 Å². The summed E-state index contributed by atoms with van der Waals surface area (Å²) in [5.74, 6) is 1.34. The maximum absolute atomic E-state index is 4.66. The molecule has 0 unspecified atom stereocenters. The van der Waals surface area contributed by atoms with Gasteiger partial charge in [0.2, 0.25) is 5.95 Å². The van der Waals surface area contributed by atoms with Gasteiger partial charge in [0.05, 0.1) is 5.69 Å². The van der Waals surface area contributed by atoms with Gasteiger partial charge in [-0.1, -0.05) is 6.07 Å². The number of H-pyrrole nitrogens is 2. The number of benzene rings is 2. The largest absolute Gasteiger partial charge is 0.366 e. The summed E-state index contributed by atoms with van der Waals surface area (Å²) in [5.41, 5.74) is 5.65. The molecule has 3 heterocycles. The Bertz CT molecular complexity index is 1330. The van der Waals surface area contributed by atoms with Crippen molar-refractivity contribution in [3.8, 4) is 0 Å². The molecule has 5 rings (SSSR count). The molecule has 31 heavy (non-hydrogen) atoms. The zero-order valence-electron chi connectivity index (χ0n) is 17.6. The van der Waals surface area contributed by atoms with Gasteiger partial charge in [-0.05, 0) is 73.1 Å². The molecule has 0 fully saturated rings. The third-order valence-electron chi connectivity index (χ3n) is 5.22. The van der Waals surface area contributed by atoms with E-state index in [4.69, 9.17) is 0 Å². The Morgan fingerprint density at radius 3 is 2.68 bits per heavy atom. The molecule has 3 aromatic heterocycles. The Kier molecular flexibility index (Phi) is 5.01. The van der Waals surface area contributed by atoms with Crippen LogP contribution in [0, 0.1) is 0 Å². The molecule has 5 aromatic rings. The molecule has 4 N–H and O–H groups in total. The first-order chi connectivity index (χ1) is 15.1. The van der Waals surface area contributed by atoms with E-state index in [1.54, 1.807) is 6.20 Å². The van der Waals surface area contributed by atoms with Crippen LogP contribution in [0.15, 0.2) is 67.1 Å². The van der Waals surface area contributed by atoms with Crippen molar-refractivity contribution in [2.75, 3.05) is 24.7 Å². The summed E-state index contributed by atoms with van der Waals surface area (Å²) in [6.07, 6.45) is 5.68. The molecule has 0 aliphatic heterocycles. The lowest BCUT2D eigenvalue weighted by Gasteiger charge is -2.13. The highest BCUT2D eigenvalue weighted by Gasteiger charge is 2.09. The summed E-state index contributed by atoms with van der Waals surface area (Å²) >= 11 is 0. The fraction of sp³-hybridized carbons (Fsp3) is 0.167. The summed E-state index contributed by atoms with van der Waals surface area (Å²) in [7, 11) is 4.14. The average Bonchev–Trinajstić information content (AvgIpc) is 3.41. The number of nitrogens with one attached hydrogen (secondary N) is 4. The fourth-order valence-electron chi connectivity index (χ4n) is 3.83. The minimum absolute atomic E-state index is 0.565. The molecule has 7 heteroatoms. The summed E-state index contributed by atoms with van der Waals surface area (Å²) < 4.78 is 0. The lowest BCUT2D eigenvalue weighted by atomic mass is 10.1. The van der Waals surface area contributed by atoms with E-state index in [-0.39, 0.29) is 0 Å². The third-order valence-corrected chi connectivity index (χ3v) is 5.22. The van der Waals surface area contributed by atoms with Crippen molar-refractivity contribution in [1.82, 2.24) is 24.8 Å². The zero-order valence-corrected chi connectivity index (χ0v) is 17.6. The van der Waals surface area contributed by atoms with Gasteiger partial charge in [-0.2, -0.15) is 4.98 Å². The first-order valence-corrected chi connectivity index (χ1v) is 10.3. The molecule has 0 radical (unpaired) electrons. The first-order valence-electron chi connectivity index (χ1n) is 10.3. The second-order valence-electron chi connectivity index (χ2n) is 7.96. The molecule has 0 spiro atoms. The topological polar surface area (TPSA) is 84.7 Å². The Labute approximate surface area is 180 Å². The monoisotopic (exact) mass is 411 g/mol. The van der Waals surface area contributed by atoms with Crippen LogP contribution in [0.25, 0.3) is 21.8 Å². The molecule has 0 amide bonds. The van der Waals surface area contributed by atoms with Gasteiger partial charge in [0.1, 0.15) is 5.82 Å². The summed E-state index contributed by atoms with van der Waals surface area (Å²) in [4.78, 5) is 17.8. The molecule has 0 saturated heterocycles. The minimum Gasteiger partial charge on any atom is -0.366 e. The summed E-state index contributed by atoms with van der Waals surface area (Å²) in [6.45, 7) is 1.55. The molecule has 2 aromatic carbocycles. The molecule has 0 aliphatic rings. The van der Waals surface area contributed by atoms with Crippen LogP contribution in [0.1, 0.15) is 11.1 Å². The van der Waals surface area contributed by atoms with Crippen LogP contribution in [-0.2, 0) is 13.1 Å². The van der Waals surface area contributed by atoms with Crippen molar-refractivity contribution in [3.63, 3.8) is 0 Å². The molecule has 0 saturated carbocycles. The van der Waals surface area contributed by atoms with Crippen molar-refractivity contribution >= 4 is 39.3 Å². The van der Waals surface area contributed by atoms with Gasteiger partial charge in [0.15, 0.2) is 0 Å². The average molecular weight is 412 g/mol. The van der Waals surface area contributed by atoms with Crippen LogP contribution in [0.2, 0.25) is 0 Å². The van der Waals surface area contributed by atoms with Crippen LogP contribution >= 0.6 is 0 Å². The lowest BCUT2D eigenvalue weighted by Crippen LogP contribution is -2.11. The van der Waals surface area contributed by atoms with Gasteiger partial charge in [-0.15, -0.1) is 0 Å². The third kappa shape index (κ3) is 4.22. The van der Waals surface area contributed by atoms with E-state index in [2.05, 4.69) is 92.0 Å². The molecular weight excluding hydrogens is 386 g/mol. The minimum atomic E-state index is 0.565. The van der Waals surface area contributed by atoms with Gasteiger partial charge in [-0.3, -0.25) is 0 Å². The Hall–Kier alpha value is -3.84. The molecule has 0 atom stereocenters. The van der Waals surface area contributed by atoms with Crippen LogP contribution in [0.5, 0.6) is 0 Å². The number of hydrogen-bond donors (Lipinski definition) is 4. The lowest BCUT2D eigenvalue weighted by molar-refractivity contribution is 0.403. The van der Waals surface area contributed by atoms with E-state index < -0.39 is 0 Å². The molecule has 0 aliphatic carbocycles. The number of nitrogens with zero attached hydrogens (tertiary/aromatic N) is 3. The van der Waals surface area contributed by atoms with E-state index in [1.807, 2.05) is 18.5 Å². The molecule has 156 valence electrons. The standard InChI is InChI=1S/C24H25N7/c1-31(2)15-17-12-21-19(6-9-26-21)22(13-17)29-24-27-10-7-23(30-24)28-14-16-3-4-20-18(11-16)5-8-25-20/h3-13,25-26H,14-15H2,1-2H3,(H2,27,28,29,30). The normalized spacial score (nSPS) is 11.5. The van der Waals surface area contributed by atoms with E-state index in [9.17, 15) is 0 Å². The van der Waals surface area contributed by atoms with Crippen LogP contribution < -0.4 is 10.6 Å². The number of anilines is 3. The van der Waals surface area contributed by atoms with Gasteiger partial charge < -0.3 is 25.5 Å². The predicted octanol–water partition coefficient (Wildman–Crippen LogP) is 4.86. The smallest absolute Gasteiger partial charge is 0.229 e. The molecular formula is C24H25N7. The van der Waals surface area contributed by atoms with Gasteiger partial charge >= 0.3 is 0 Å². The highest BCUT2D eigenvalue weighted by atomic mass is 15.1. The maximum atomic E-state index is 4.66. The Balaban J connectivity index is 1.35. The van der Waals surface area contributed by atoms with Crippen molar-refractivity contribution in [1.29, 1.82) is 0 Å². The van der Waals surface area contributed by atoms with Crippen LogP contribution in [0.3, 0.4) is 0 Å². The van der Waals surface area contributed by atoms with E-state index in [1.165, 1.54) is 16.5 Å². The summed E-state index contributed by atoms with van der Waals surface area (Å²) in [6, 6.07) is 16.8. The molecule has 7 nitrogen and oxygen atoms in total. The van der Waals surface area contributed by atoms with Crippen LogP contribution in [0.4, 0.5) is 17.5 Å². The van der Waals surface area contributed by atoms with Gasteiger partial charge in [-0.25, -0.2) is 4.98 Å². The second-order valence-corrected chi connectivity index (χ2v) is 7.96. The van der Waals surface area contributed by atoms with Crippen molar-refractivity contribution in [2.45, 2.75) is 13.1 Å². The number of aromatic nitrogens is 4. The second kappa shape index (κ2) is 8.12. The van der Waals surface area contributed by atoms with E-state index in [0.29, 0.717) is 12.5 Å². The van der Waals surface area contributed by atoms with E-state index >= 15 is 0 Å². The number of aromatic amines is 2. The SMILES string of the molecule is CN(C)Cc1cc(Nc2nccc(NCc3ccc4[nH]ccc4c3)n2)c2cc[nH]c2c1. The zero-order chi connectivity index (χ0) is 21.2. The van der Waals surface area contributed by atoms with Crippen molar-refractivity contribution < 1.29 is 0 Å². The number of hydrogen-bond acceptors (Lipinski definition) is 5.